The summed E-state index contributed by atoms with van der Waals surface area (Å²) < 4.78 is 11.0. The molecule has 0 amide bonds. The number of ether oxygens (including phenoxy) is 2. The van der Waals surface area contributed by atoms with Gasteiger partial charge in [0.25, 0.3) is 0 Å². The molecule has 0 N–H and O–H groups in total. The second kappa shape index (κ2) is 2.54. The van der Waals surface area contributed by atoms with Gasteiger partial charge in [-0.05, 0) is 34.6 Å². The maximum atomic E-state index is 11.3. The van der Waals surface area contributed by atoms with Crippen LogP contribution in [0.1, 0.15) is 34.6 Å². The average Bonchev–Trinajstić information content (AvgIpc) is 2.03. The van der Waals surface area contributed by atoms with Crippen molar-refractivity contribution >= 4 is 5.78 Å². The van der Waals surface area contributed by atoms with E-state index in [1.165, 1.54) is 6.92 Å². The number of ketones is 1. The van der Waals surface area contributed by atoms with Crippen molar-refractivity contribution in [2.75, 3.05) is 0 Å². The molecule has 1 rings (SSSR count). The van der Waals surface area contributed by atoms with Crippen LogP contribution >= 0.6 is 0 Å². The quantitative estimate of drug-likeness (QED) is 0.601. The second-order valence-electron chi connectivity index (χ2n) is 3.93. The molecule has 0 saturated carbocycles. The van der Waals surface area contributed by atoms with Gasteiger partial charge in [0.1, 0.15) is 0 Å². The molecule has 0 unspecified atom stereocenters. The van der Waals surface area contributed by atoms with Gasteiger partial charge in [-0.1, -0.05) is 0 Å². The SMILES string of the molecule is CC(=O)[C@]1(C)OC(C)(C)O[C@H]1C. The van der Waals surface area contributed by atoms with Crippen LogP contribution in [0, 0.1) is 0 Å². The average molecular weight is 172 g/mol. The van der Waals surface area contributed by atoms with Crippen LogP contribution in [0.15, 0.2) is 0 Å². The molecule has 0 aliphatic carbocycles. The Morgan fingerprint density at radius 2 is 1.83 bits per heavy atom. The number of Topliss-reactive ketones (excluding diaryl/α,β-unsaturated/α-hetero) is 1. The lowest BCUT2D eigenvalue weighted by molar-refractivity contribution is -0.168. The predicted octanol–water partition coefficient (Wildman–Crippen LogP) is 1.51. The van der Waals surface area contributed by atoms with Crippen LogP contribution in [-0.4, -0.2) is 23.3 Å². The third-order valence-electron chi connectivity index (χ3n) is 2.39. The Morgan fingerprint density at radius 1 is 1.33 bits per heavy atom. The van der Waals surface area contributed by atoms with E-state index in [1.54, 1.807) is 6.92 Å². The molecule has 0 radical (unpaired) electrons. The van der Waals surface area contributed by atoms with Gasteiger partial charge in [-0.3, -0.25) is 4.79 Å². The molecule has 0 aromatic rings. The normalized spacial score (nSPS) is 39.9. The van der Waals surface area contributed by atoms with Gasteiger partial charge in [0.05, 0.1) is 6.10 Å². The number of carbonyl (C=O) groups excluding carboxylic acids is 1. The van der Waals surface area contributed by atoms with Crippen LogP contribution in [0.25, 0.3) is 0 Å². The fraction of sp³-hybridized carbons (Fsp3) is 0.889. The summed E-state index contributed by atoms with van der Waals surface area (Å²) in [6.07, 6.45) is -0.176. The molecule has 3 heteroatoms. The smallest absolute Gasteiger partial charge is 0.164 e. The zero-order valence-electron chi connectivity index (χ0n) is 8.30. The molecule has 12 heavy (non-hydrogen) atoms. The largest absolute Gasteiger partial charge is 0.344 e. The van der Waals surface area contributed by atoms with E-state index in [-0.39, 0.29) is 11.9 Å². The van der Waals surface area contributed by atoms with Gasteiger partial charge in [-0.2, -0.15) is 0 Å². The first-order valence-electron chi connectivity index (χ1n) is 4.17. The number of carbonyl (C=O) groups is 1. The molecule has 70 valence electrons. The van der Waals surface area contributed by atoms with Crippen molar-refractivity contribution in [2.24, 2.45) is 0 Å². The summed E-state index contributed by atoms with van der Waals surface area (Å²) in [4.78, 5) is 11.3. The molecule has 0 bridgehead atoms. The van der Waals surface area contributed by atoms with E-state index in [9.17, 15) is 4.79 Å². The van der Waals surface area contributed by atoms with Crippen LogP contribution in [-0.2, 0) is 14.3 Å². The van der Waals surface area contributed by atoms with E-state index in [2.05, 4.69) is 0 Å². The molecule has 1 aliphatic heterocycles. The molecule has 0 aromatic carbocycles. The Balaban J connectivity index is 2.89. The van der Waals surface area contributed by atoms with Crippen molar-refractivity contribution in [3.05, 3.63) is 0 Å². The lowest BCUT2D eigenvalue weighted by atomic mass is 9.96. The fourth-order valence-electron chi connectivity index (χ4n) is 1.51. The zero-order chi connectivity index (χ0) is 9.57. The van der Waals surface area contributed by atoms with Gasteiger partial charge in [0.2, 0.25) is 0 Å². The van der Waals surface area contributed by atoms with Crippen molar-refractivity contribution in [1.82, 2.24) is 0 Å². The minimum absolute atomic E-state index is 0.0144. The van der Waals surface area contributed by atoms with Crippen molar-refractivity contribution in [3.63, 3.8) is 0 Å². The van der Waals surface area contributed by atoms with Crippen LogP contribution in [0.4, 0.5) is 0 Å². The van der Waals surface area contributed by atoms with Gasteiger partial charge in [-0.15, -0.1) is 0 Å². The molecule has 1 aliphatic rings. The van der Waals surface area contributed by atoms with Crippen LogP contribution in [0.2, 0.25) is 0 Å². The molecular formula is C9H16O3. The maximum Gasteiger partial charge on any atom is 0.164 e. The monoisotopic (exact) mass is 172 g/mol. The Hall–Kier alpha value is -0.410. The first-order valence-corrected chi connectivity index (χ1v) is 4.17. The number of hydrogen-bond acceptors (Lipinski definition) is 3. The third kappa shape index (κ3) is 1.39. The molecule has 0 aromatic heterocycles. The van der Waals surface area contributed by atoms with E-state index in [1.807, 2.05) is 20.8 Å². The molecule has 3 nitrogen and oxygen atoms in total. The summed E-state index contributed by atoms with van der Waals surface area (Å²) in [5.41, 5.74) is -0.774. The highest BCUT2D eigenvalue weighted by Crippen LogP contribution is 2.36. The summed E-state index contributed by atoms with van der Waals surface area (Å²) in [7, 11) is 0. The standard InChI is InChI=1S/C9H16O3/c1-6(10)9(5)7(2)11-8(3,4)12-9/h7H,1-5H3/t7-,9-/m0/s1. The third-order valence-corrected chi connectivity index (χ3v) is 2.39. The van der Waals surface area contributed by atoms with Crippen molar-refractivity contribution in [1.29, 1.82) is 0 Å². The van der Waals surface area contributed by atoms with E-state index < -0.39 is 11.4 Å². The molecule has 2 atom stereocenters. The van der Waals surface area contributed by atoms with E-state index in [0.717, 1.165) is 0 Å². The van der Waals surface area contributed by atoms with Crippen LogP contribution in [0.5, 0.6) is 0 Å². The van der Waals surface area contributed by atoms with Gasteiger partial charge < -0.3 is 9.47 Å². The zero-order valence-corrected chi connectivity index (χ0v) is 8.30. The van der Waals surface area contributed by atoms with Gasteiger partial charge in [-0.25, -0.2) is 0 Å². The molecule has 0 spiro atoms. The predicted molar refractivity (Wildman–Crippen MR) is 44.8 cm³/mol. The van der Waals surface area contributed by atoms with Crippen molar-refractivity contribution in [2.45, 2.75) is 52.1 Å². The highest BCUT2D eigenvalue weighted by molar-refractivity contribution is 5.85. The summed E-state index contributed by atoms with van der Waals surface area (Å²) in [5, 5.41) is 0. The lowest BCUT2D eigenvalue weighted by Gasteiger charge is -2.23. The van der Waals surface area contributed by atoms with Crippen molar-refractivity contribution < 1.29 is 14.3 Å². The molecule has 1 fully saturated rings. The minimum Gasteiger partial charge on any atom is -0.344 e. The maximum absolute atomic E-state index is 11.3. The Labute approximate surface area is 73.0 Å². The lowest BCUT2D eigenvalue weighted by Crippen LogP contribution is -2.42. The topological polar surface area (TPSA) is 35.5 Å². The Kier molecular flexibility index (Phi) is 2.05. The highest BCUT2D eigenvalue weighted by Gasteiger charge is 2.50. The number of rotatable bonds is 1. The Bertz CT molecular complexity index is 210. The van der Waals surface area contributed by atoms with E-state index in [4.69, 9.17) is 9.47 Å². The molecular weight excluding hydrogens is 156 g/mol. The summed E-state index contributed by atoms with van der Waals surface area (Å²) in [5.74, 6) is -0.625. The van der Waals surface area contributed by atoms with Crippen molar-refractivity contribution in [3.8, 4) is 0 Å². The fourth-order valence-corrected chi connectivity index (χ4v) is 1.51. The first-order chi connectivity index (χ1) is 5.28. The highest BCUT2D eigenvalue weighted by atomic mass is 16.8. The Morgan fingerprint density at radius 3 is 2.00 bits per heavy atom. The minimum atomic E-state index is -0.774. The first kappa shape index (κ1) is 9.68. The van der Waals surface area contributed by atoms with Gasteiger partial charge in [0.15, 0.2) is 17.2 Å². The second-order valence-corrected chi connectivity index (χ2v) is 3.93. The van der Waals surface area contributed by atoms with Gasteiger partial charge in [0, 0.05) is 0 Å². The van der Waals surface area contributed by atoms with Gasteiger partial charge >= 0.3 is 0 Å². The van der Waals surface area contributed by atoms with E-state index >= 15 is 0 Å². The van der Waals surface area contributed by atoms with E-state index in [0.29, 0.717) is 0 Å². The number of hydrogen-bond donors (Lipinski definition) is 0. The summed E-state index contributed by atoms with van der Waals surface area (Å²) >= 11 is 0. The van der Waals surface area contributed by atoms with Crippen LogP contribution < -0.4 is 0 Å². The summed E-state index contributed by atoms with van der Waals surface area (Å²) in [6.45, 7) is 8.79. The summed E-state index contributed by atoms with van der Waals surface area (Å²) in [6, 6.07) is 0. The molecule has 1 saturated heterocycles. The molecule has 1 heterocycles. The van der Waals surface area contributed by atoms with Crippen LogP contribution in [0.3, 0.4) is 0 Å².